The van der Waals surface area contributed by atoms with Gasteiger partial charge in [0.15, 0.2) is 5.82 Å². The van der Waals surface area contributed by atoms with Gasteiger partial charge in [-0.2, -0.15) is 0 Å². The molecule has 4 aromatic rings. The second kappa shape index (κ2) is 8.08. The normalized spacial score (nSPS) is 21.3. The van der Waals surface area contributed by atoms with Crippen molar-refractivity contribution in [2.24, 2.45) is 5.41 Å². The summed E-state index contributed by atoms with van der Waals surface area (Å²) in [5.41, 5.74) is 4.65. The van der Waals surface area contributed by atoms with E-state index in [-0.39, 0.29) is 24.3 Å². The maximum Gasteiger partial charge on any atom is 0.249 e. The van der Waals surface area contributed by atoms with E-state index in [0.29, 0.717) is 24.5 Å². The first-order chi connectivity index (χ1) is 16.9. The fourth-order valence-corrected chi connectivity index (χ4v) is 6.06. The standard InChI is InChI=1S/C25H27F2N7O/c1-15-9-21(35-2)18(17-5-7-28-22(15)17)12-34-8-6-24(13-25(26,27)14-24)10-20(34)16-3-4-19(29-11-16)23-30-32-33-31-23/h3-5,7,9,11,20,28H,6,8,10,12-14H2,1-2H3,(H,30,31,32,33). The molecule has 2 N–H and O–H groups in total. The molecule has 1 saturated heterocycles. The topological polar surface area (TPSA) is 95.6 Å². The van der Waals surface area contributed by atoms with Crippen LogP contribution >= 0.6 is 0 Å². The molecule has 1 unspecified atom stereocenters. The van der Waals surface area contributed by atoms with Gasteiger partial charge in [-0.25, -0.2) is 13.9 Å². The molecule has 1 aliphatic carbocycles. The number of rotatable bonds is 5. The van der Waals surface area contributed by atoms with Crippen molar-refractivity contribution >= 4 is 10.9 Å². The van der Waals surface area contributed by atoms with E-state index < -0.39 is 5.92 Å². The van der Waals surface area contributed by atoms with E-state index in [2.05, 4.69) is 54.5 Å². The number of nitrogens with one attached hydrogen (secondary N) is 2. The number of hydrogen-bond donors (Lipinski definition) is 2. The third-order valence-electron chi connectivity index (χ3n) is 7.72. The van der Waals surface area contributed by atoms with Crippen molar-refractivity contribution in [2.45, 2.75) is 51.1 Å². The van der Waals surface area contributed by atoms with Gasteiger partial charge in [-0.15, -0.1) is 5.10 Å². The highest BCUT2D eigenvalue weighted by atomic mass is 19.3. The molecule has 1 aliphatic heterocycles. The van der Waals surface area contributed by atoms with Crippen LogP contribution in [0.15, 0.2) is 36.7 Å². The summed E-state index contributed by atoms with van der Waals surface area (Å²) in [5, 5.41) is 15.0. The van der Waals surface area contributed by atoms with Gasteiger partial charge in [0.25, 0.3) is 0 Å². The number of aromatic nitrogens is 6. The molecule has 1 spiro atoms. The molecular formula is C25H27F2N7O. The quantitative estimate of drug-likeness (QED) is 0.426. The van der Waals surface area contributed by atoms with Gasteiger partial charge in [-0.3, -0.25) is 9.88 Å². The van der Waals surface area contributed by atoms with Crippen molar-refractivity contribution in [3.63, 3.8) is 0 Å². The summed E-state index contributed by atoms with van der Waals surface area (Å²) in [4.78, 5) is 10.3. The van der Waals surface area contributed by atoms with Crippen LogP contribution in [-0.4, -0.2) is 55.1 Å². The van der Waals surface area contributed by atoms with Crippen molar-refractivity contribution in [1.82, 2.24) is 35.5 Å². The number of aromatic amines is 2. The molecule has 35 heavy (non-hydrogen) atoms. The van der Waals surface area contributed by atoms with E-state index >= 15 is 0 Å². The molecule has 10 heteroatoms. The molecule has 8 nitrogen and oxygen atoms in total. The lowest BCUT2D eigenvalue weighted by Gasteiger charge is -2.54. The van der Waals surface area contributed by atoms with Crippen LogP contribution in [0, 0.1) is 12.3 Å². The van der Waals surface area contributed by atoms with Gasteiger partial charge >= 0.3 is 0 Å². The van der Waals surface area contributed by atoms with Gasteiger partial charge < -0.3 is 9.72 Å². The molecule has 2 aliphatic rings. The molecule has 1 atom stereocenters. The number of fused-ring (bicyclic) bond motifs is 1. The predicted octanol–water partition coefficient (Wildman–Crippen LogP) is 4.81. The predicted molar refractivity (Wildman–Crippen MR) is 126 cm³/mol. The van der Waals surface area contributed by atoms with Gasteiger partial charge in [0, 0.05) is 54.3 Å². The summed E-state index contributed by atoms with van der Waals surface area (Å²) in [7, 11) is 1.69. The van der Waals surface area contributed by atoms with Gasteiger partial charge in [-0.05, 0) is 71.5 Å². The molecule has 182 valence electrons. The van der Waals surface area contributed by atoms with Gasteiger partial charge in [0.1, 0.15) is 11.4 Å². The lowest BCUT2D eigenvalue weighted by atomic mass is 9.59. The number of halogens is 2. The maximum atomic E-state index is 14.0. The summed E-state index contributed by atoms with van der Waals surface area (Å²) < 4.78 is 33.7. The van der Waals surface area contributed by atoms with Gasteiger partial charge in [0.05, 0.1) is 7.11 Å². The van der Waals surface area contributed by atoms with Crippen molar-refractivity contribution in [2.75, 3.05) is 13.7 Å². The Morgan fingerprint density at radius 2 is 2.09 bits per heavy atom. The fourth-order valence-electron chi connectivity index (χ4n) is 6.06. The third kappa shape index (κ3) is 3.85. The number of tetrazole rings is 1. The first-order valence-electron chi connectivity index (χ1n) is 11.8. The number of aryl methyl sites for hydroxylation is 1. The monoisotopic (exact) mass is 479 g/mol. The minimum Gasteiger partial charge on any atom is -0.496 e. The number of benzene rings is 1. The molecule has 4 heterocycles. The molecule has 0 bridgehead atoms. The van der Waals surface area contributed by atoms with Crippen LogP contribution in [-0.2, 0) is 6.54 Å². The number of methoxy groups -OCH3 is 1. The van der Waals surface area contributed by atoms with Crippen LogP contribution in [0.3, 0.4) is 0 Å². The maximum absolute atomic E-state index is 14.0. The second-order valence-electron chi connectivity index (χ2n) is 10.0. The summed E-state index contributed by atoms with van der Waals surface area (Å²) in [5.74, 6) is -1.22. The van der Waals surface area contributed by atoms with E-state index in [1.165, 1.54) is 0 Å². The highest BCUT2D eigenvalue weighted by Crippen LogP contribution is 2.60. The Morgan fingerprint density at radius 1 is 1.23 bits per heavy atom. The smallest absolute Gasteiger partial charge is 0.249 e. The second-order valence-corrected chi connectivity index (χ2v) is 10.0. The van der Waals surface area contributed by atoms with Crippen molar-refractivity contribution in [1.29, 1.82) is 0 Å². The highest BCUT2D eigenvalue weighted by Gasteiger charge is 2.58. The zero-order valence-corrected chi connectivity index (χ0v) is 19.7. The SMILES string of the molecule is COc1cc(C)c2[nH]ccc2c1CN1CCC2(CC1c1ccc(-c3nnn[nH]3)nc1)CC(F)(F)C2. The van der Waals surface area contributed by atoms with Crippen LogP contribution in [0.25, 0.3) is 22.4 Å². The Bertz CT molecular complexity index is 1340. The van der Waals surface area contributed by atoms with Crippen LogP contribution in [0.4, 0.5) is 8.78 Å². The molecule has 3 aromatic heterocycles. The van der Waals surface area contributed by atoms with Crippen LogP contribution in [0.2, 0.25) is 0 Å². The average Bonchev–Trinajstić information content (AvgIpc) is 3.53. The number of likely N-dealkylation sites (tertiary alicyclic amines) is 1. The Labute approximate surface area is 201 Å². The largest absolute Gasteiger partial charge is 0.496 e. The first kappa shape index (κ1) is 22.1. The number of piperidine rings is 1. The first-order valence-corrected chi connectivity index (χ1v) is 11.8. The molecule has 0 radical (unpaired) electrons. The minimum absolute atomic E-state index is 0.0322. The summed E-state index contributed by atoms with van der Waals surface area (Å²) in [6.07, 6.45) is 5.14. The Kier molecular flexibility index (Phi) is 5.10. The van der Waals surface area contributed by atoms with Gasteiger partial charge in [-0.1, -0.05) is 6.07 Å². The third-order valence-corrected chi connectivity index (χ3v) is 7.72. The molecule has 1 saturated carbocycles. The lowest BCUT2D eigenvalue weighted by Crippen LogP contribution is -2.53. The molecule has 6 rings (SSSR count). The van der Waals surface area contributed by atoms with Crippen molar-refractivity contribution in [3.05, 3.63) is 53.3 Å². The van der Waals surface area contributed by atoms with Crippen molar-refractivity contribution in [3.8, 4) is 17.3 Å². The van der Waals surface area contributed by atoms with E-state index in [1.54, 1.807) is 7.11 Å². The molecule has 0 amide bonds. The summed E-state index contributed by atoms with van der Waals surface area (Å²) >= 11 is 0. The molecule has 1 aromatic carbocycles. The Balaban J connectivity index is 1.35. The van der Waals surface area contributed by atoms with Crippen LogP contribution < -0.4 is 4.74 Å². The lowest BCUT2D eigenvalue weighted by molar-refractivity contribution is -0.186. The van der Waals surface area contributed by atoms with Crippen LogP contribution in [0.5, 0.6) is 5.75 Å². The average molecular weight is 480 g/mol. The van der Waals surface area contributed by atoms with E-state index in [9.17, 15) is 8.78 Å². The van der Waals surface area contributed by atoms with Crippen LogP contribution in [0.1, 0.15) is 48.4 Å². The Morgan fingerprint density at radius 3 is 2.77 bits per heavy atom. The van der Waals surface area contributed by atoms with E-state index in [1.807, 2.05) is 24.5 Å². The molecular weight excluding hydrogens is 452 g/mol. The summed E-state index contributed by atoms with van der Waals surface area (Å²) in [6.45, 7) is 3.45. The number of alkyl halides is 2. The number of H-pyrrole nitrogens is 2. The minimum atomic E-state index is -2.55. The Hall–Kier alpha value is -3.40. The zero-order chi connectivity index (χ0) is 24.2. The fraction of sp³-hybridized carbons (Fsp3) is 0.440. The zero-order valence-electron chi connectivity index (χ0n) is 19.7. The van der Waals surface area contributed by atoms with Crippen molar-refractivity contribution < 1.29 is 13.5 Å². The highest BCUT2D eigenvalue weighted by molar-refractivity contribution is 5.88. The van der Waals surface area contributed by atoms with Gasteiger partial charge in [0.2, 0.25) is 5.92 Å². The van der Waals surface area contributed by atoms with E-state index in [4.69, 9.17) is 4.74 Å². The molecule has 2 fully saturated rings. The number of pyridine rings is 1. The van der Waals surface area contributed by atoms with E-state index in [0.717, 1.165) is 46.3 Å². The number of nitrogens with zero attached hydrogens (tertiary/aromatic N) is 5. The number of hydrogen-bond acceptors (Lipinski definition) is 6. The number of ether oxygens (including phenoxy) is 1. The summed E-state index contributed by atoms with van der Waals surface area (Å²) in [6, 6.07) is 7.99.